The number of aliphatic imine (C=N–C) groups is 1. The average Bonchev–Trinajstić information content (AvgIpc) is 3.42. The first-order valence-corrected chi connectivity index (χ1v) is 12.3. The highest BCUT2D eigenvalue weighted by Crippen LogP contribution is 2.35. The highest BCUT2D eigenvalue weighted by atomic mass is 16.1. The van der Waals surface area contributed by atoms with Crippen molar-refractivity contribution < 1.29 is 0 Å². The Kier molecular flexibility index (Phi) is 5.45. The number of rotatable bonds is 5. The maximum atomic E-state index is 12.6. The zero-order chi connectivity index (χ0) is 26.6. The molecule has 3 heterocycles. The Balaban J connectivity index is 1.71. The van der Waals surface area contributed by atoms with Gasteiger partial charge in [0.2, 0.25) is 0 Å². The smallest absolute Gasteiger partial charge is 0.328 e. The maximum absolute atomic E-state index is 12.6. The zero-order valence-corrected chi connectivity index (χ0v) is 21.8. The summed E-state index contributed by atoms with van der Waals surface area (Å²) in [7, 11) is 7.51. The third-order valence-electron chi connectivity index (χ3n) is 6.99. The lowest BCUT2D eigenvalue weighted by Gasteiger charge is -2.18. The number of nitrogens with zero attached hydrogens (tertiary/aromatic N) is 7. The van der Waals surface area contributed by atoms with Crippen LogP contribution in [0.4, 0.5) is 0 Å². The molecule has 6 rings (SSSR count). The minimum Gasteiger partial charge on any atom is -0.375 e. The number of imidazole rings is 2. The molecular weight excluding hydrogens is 474 g/mol. The molecule has 0 fully saturated rings. The minimum absolute atomic E-state index is 0.0588. The number of aryl methyl sites for hydroxylation is 2. The van der Waals surface area contributed by atoms with Crippen LogP contribution in [0.1, 0.15) is 5.69 Å². The van der Waals surface area contributed by atoms with Crippen LogP contribution in [0, 0.1) is 0 Å². The molecule has 3 aromatic heterocycles. The molecule has 188 valence electrons. The van der Waals surface area contributed by atoms with Gasteiger partial charge in [-0.3, -0.25) is 18.7 Å². The number of fused-ring (bicyclic) bond motifs is 3. The molecule has 8 heteroatoms. The molecule has 0 saturated carbocycles. The van der Waals surface area contributed by atoms with Crippen molar-refractivity contribution >= 4 is 45.4 Å². The highest BCUT2D eigenvalue weighted by Gasteiger charge is 2.20. The molecule has 0 N–H and O–H groups in total. The Labute approximate surface area is 219 Å². The van der Waals surface area contributed by atoms with Crippen molar-refractivity contribution in [1.82, 2.24) is 28.6 Å². The molecule has 0 bridgehead atoms. The third kappa shape index (κ3) is 3.53. The summed E-state index contributed by atoms with van der Waals surface area (Å²) in [5.74, 6) is 0.788. The Bertz CT molecular complexity index is 1970. The lowest BCUT2D eigenvalue weighted by Crippen LogP contribution is -2.19. The van der Waals surface area contributed by atoms with Crippen LogP contribution in [0.2, 0.25) is 0 Å². The van der Waals surface area contributed by atoms with Crippen LogP contribution in [-0.2, 0) is 14.1 Å². The van der Waals surface area contributed by atoms with Crippen LogP contribution >= 0.6 is 0 Å². The number of hydrogen-bond donors (Lipinski definition) is 0. The quantitative estimate of drug-likeness (QED) is 0.312. The summed E-state index contributed by atoms with van der Waals surface area (Å²) in [6.07, 6.45) is 1.72. The lowest BCUT2D eigenvalue weighted by atomic mass is 10.1. The summed E-state index contributed by atoms with van der Waals surface area (Å²) in [6, 6.07) is 24.3. The number of pyridine rings is 1. The molecule has 0 spiro atoms. The second kappa shape index (κ2) is 8.85. The number of hydrogen-bond acceptors (Lipinski definition) is 5. The van der Waals surface area contributed by atoms with Gasteiger partial charge in [-0.2, -0.15) is 0 Å². The van der Waals surface area contributed by atoms with Crippen molar-refractivity contribution in [2.75, 3.05) is 14.1 Å². The summed E-state index contributed by atoms with van der Waals surface area (Å²) in [4.78, 5) is 28.7. The number of benzene rings is 3. The average molecular weight is 502 g/mol. The van der Waals surface area contributed by atoms with Crippen molar-refractivity contribution in [1.29, 1.82) is 0 Å². The maximum Gasteiger partial charge on any atom is 0.328 e. The predicted octanol–water partition coefficient (Wildman–Crippen LogP) is 4.99. The van der Waals surface area contributed by atoms with Crippen LogP contribution in [0.5, 0.6) is 0 Å². The van der Waals surface area contributed by atoms with E-state index in [0.717, 1.165) is 61.4 Å². The van der Waals surface area contributed by atoms with Crippen molar-refractivity contribution in [3.8, 4) is 17.1 Å². The molecule has 0 aliphatic carbocycles. The van der Waals surface area contributed by atoms with E-state index < -0.39 is 0 Å². The van der Waals surface area contributed by atoms with Crippen LogP contribution in [-0.4, -0.2) is 49.4 Å². The van der Waals surface area contributed by atoms with Gasteiger partial charge in [-0.05, 0) is 49.2 Å². The largest absolute Gasteiger partial charge is 0.375 e. The number of para-hydroxylation sites is 3. The van der Waals surface area contributed by atoms with Crippen LogP contribution in [0.25, 0.3) is 55.7 Å². The summed E-state index contributed by atoms with van der Waals surface area (Å²) in [6.45, 7) is 3.65. The molecule has 0 amide bonds. The molecule has 0 aliphatic heterocycles. The van der Waals surface area contributed by atoms with Gasteiger partial charge in [-0.1, -0.05) is 30.3 Å². The van der Waals surface area contributed by atoms with Gasteiger partial charge in [0.05, 0.1) is 45.2 Å². The number of aromatic nitrogens is 5. The SMILES string of the molecule is C=N/C=C(/c1cc(-c2nc3ccccc3n2-c2ccc3c(c2)n(C)c(=O)n3C)c2ccccc2n1)N(C)C. The van der Waals surface area contributed by atoms with Gasteiger partial charge in [-0.15, -0.1) is 0 Å². The van der Waals surface area contributed by atoms with Gasteiger partial charge in [0, 0.05) is 44.8 Å². The fourth-order valence-electron chi connectivity index (χ4n) is 5.09. The van der Waals surface area contributed by atoms with Crippen molar-refractivity contribution in [2.45, 2.75) is 0 Å². The molecule has 0 atom stereocenters. The Hall–Kier alpha value is -4.98. The first kappa shape index (κ1) is 23.4. The van der Waals surface area contributed by atoms with E-state index in [9.17, 15) is 4.79 Å². The van der Waals surface area contributed by atoms with Gasteiger partial charge >= 0.3 is 5.69 Å². The third-order valence-corrected chi connectivity index (χ3v) is 6.99. The molecule has 0 aliphatic rings. The molecule has 6 aromatic rings. The summed E-state index contributed by atoms with van der Waals surface area (Å²) in [5.41, 5.74) is 7.86. The van der Waals surface area contributed by atoms with Crippen molar-refractivity contribution in [3.05, 3.63) is 95.2 Å². The van der Waals surface area contributed by atoms with Crippen LogP contribution in [0.3, 0.4) is 0 Å². The molecule has 0 saturated heterocycles. The molecule has 0 unspecified atom stereocenters. The van der Waals surface area contributed by atoms with Gasteiger partial charge in [0.1, 0.15) is 5.82 Å². The topological polar surface area (TPSA) is 73.2 Å². The zero-order valence-electron chi connectivity index (χ0n) is 21.8. The van der Waals surface area contributed by atoms with Gasteiger partial charge in [-0.25, -0.2) is 14.8 Å². The van der Waals surface area contributed by atoms with E-state index >= 15 is 0 Å². The highest BCUT2D eigenvalue weighted by molar-refractivity contribution is 5.97. The lowest BCUT2D eigenvalue weighted by molar-refractivity contribution is 0.588. The fourth-order valence-corrected chi connectivity index (χ4v) is 5.09. The van der Waals surface area contributed by atoms with E-state index in [2.05, 4.69) is 34.5 Å². The Morgan fingerprint density at radius 1 is 0.868 bits per heavy atom. The minimum atomic E-state index is -0.0588. The Morgan fingerprint density at radius 2 is 1.58 bits per heavy atom. The molecule has 0 radical (unpaired) electrons. The summed E-state index contributed by atoms with van der Waals surface area (Å²) >= 11 is 0. The van der Waals surface area contributed by atoms with Crippen LogP contribution in [0.15, 0.2) is 88.8 Å². The first-order chi connectivity index (χ1) is 18.4. The standard InChI is InChI=1S/C30H27N7O/c1-31-18-28(34(2)3)24-17-21(20-10-6-7-11-22(20)32-24)29-33-23-12-8-9-13-25(23)37(29)19-14-15-26-27(16-19)36(5)30(38)35(26)4/h6-18H,1H2,2-5H3/b28-18-. The van der Waals surface area contributed by atoms with E-state index in [1.807, 2.05) is 73.6 Å². The normalized spacial score (nSPS) is 12.1. The summed E-state index contributed by atoms with van der Waals surface area (Å²) in [5, 5.41) is 0.991. The van der Waals surface area contributed by atoms with E-state index in [0.29, 0.717) is 0 Å². The molecule has 3 aromatic carbocycles. The van der Waals surface area contributed by atoms with Gasteiger partial charge in [0.25, 0.3) is 0 Å². The van der Waals surface area contributed by atoms with Gasteiger partial charge < -0.3 is 4.90 Å². The van der Waals surface area contributed by atoms with Crippen molar-refractivity contribution in [3.63, 3.8) is 0 Å². The summed E-state index contributed by atoms with van der Waals surface area (Å²) < 4.78 is 5.49. The predicted molar refractivity (Wildman–Crippen MR) is 155 cm³/mol. The monoisotopic (exact) mass is 501 g/mol. The van der Waals surface area contributed by atoms with E-state index in [4.69, 9.17) is 9.97 Å². The fraction of sp³-hybridized carbons (Fsp3) is 0.133. The van der Waals surface area contributed by atoms with Crippen molar-refractivity contribution in [2.24, 2.45) is 19.1 Å². The second-order valence-electron chi connectivity index (χ2n) is 9.50. The molecule has 8 nitrogen and oxygen atoms in total. The Morgan fingerprint density at radius 3 is 2.34 bits per heavy atom. The second-order valence-corrected chi connectivity index (χ2v) is 9.50. The molecule has 38 heavy (non-hydrogen) atoms. The first-order valence-electron chi connectivity index (χ1n) is 12.3. The van der Waals surface area contributed by atoms with E-state index in [1.54, 1.807) is 29.4 Å². The van der Waals surface area contributed by atoms with E-state index in [1.165, 1.54) is 0 Å². The van der Waals surface area contributed by atoms with Gasteiger partial charge in [0.15, 0.2) is 0 Å². The van der Waals surface area contributed by atoms with Crippen LogP contribution < -0.4 is 5.69 Å². The molecular formula is C30H27N7O. The van der Waals surface area contributed by atoms with E-state index in [-0.39, 0.29) is 5.69 Å².